The van der Waals surface area contributed by atoms with Crippen molar-refractivity contribution in [2.75, 3.05) is 7.11 Å². The van der Waals surface area contributed by atoms with Gasteiger partial charge in [0.25, 0.3) is 0 Å². The van der Waals surface area contributed by atoms with E-state index in [-0.39, 0.29) is 0 Å². The minimum atomic E-state index is -0.572. The van der Waals surface area contributed by atoms with Crippen molar-refractivity contribution in [1.29, 1.82) is 0 Å². The van der Waals surface area contributed by atoms with Gasteiger partial charge in [-0.3, -0.25) is 0 Å². The van der Waals surface area contributed by atoms with Crippen molar-refractivity contribution in [2.24, 2.45) is 0 Å². The van der Waals surface area contributed by atoms with E-state index < -0.39 is 12.6 Å². The molecule has 0 aliphatic heterocycles. The number of hydrogen-bond donors (Lipinski definition) is 0. The Kier molecular flexibility index (Phi) is 4.27. The fraction of sp³-hybridized carbons (Fsp3) is 0.364. The second-order valence-corrected chi connectivity index (χ2v) is 3.71. The molecule has 15 heavy (non-hydrogen) atoms. The SMILES string of the molecule is COC(=O)c1ccc(C)c(CF)c1CBr. The van der Waals surface area contributed by atoms with Crippen LogP contribution in [0.5, 0.6) is 0 Å². The maximum absolute atomic E-state index is 12.8. The van der Waals surface area contributed by atoms with E-state index in [0.29, 0.717) is 22.0 Å². The smallest absolute Gasteiger partial charge is 0.338 e. The highest BCUT2D eigenvalue weighted by molar-refractivity contribution is 9.08. The Hall–Kier alpha value is -0.900. The van der Waals surface area contributed by atoms with Gasteiger partial charge in [0.15, 0.2) is 0 Å². The summed E-state index contributed by atoms with van der Waals surface area (Å²) in [4.78, 5) is 11.4. The first-order chi connectivity index (χ1) is 7.15. The number of alkyl halides is 2. The van der Waals surface area contributed by atoms with Crippen LogP contribution in [0.2, 0.25) is 0 Å². The molecule has 0 fully saturated rings. The molecule has 0 radical (unpaired) electrons. The number of ether oxygens (including phenoxy) is 1. The quantitative estimate of drug-likeness (QED) is 0.625. The summed E-state index contributed by atoms with van der Waals surface area (Å²) >= 11 is 3.26. The van der Waals surface area contributed by atoms with Gasteiger partial charge in [0.05, 0.1) is 12.7 Å². The largest absolute Gasteiger partial charge is 0.465 e. The second kappa shape index (κ2) is 5.26. The summed E-state index contributed by atoms with van der Waals surface area (Å²) in [5.41, 5.74) is 2.51. The molecule has 0 N–H and O–H groups in total. The normalized spacial score (nSPS) is 10.1. The Labute approximate surface area is 96.6 Å². The molecule has 0 saturated heterocycles. The standard InChI is InChI=1S/C11H12BrFO2/c1-7-3-4-8(11(14)15-2)9(5-12)10(7)6-13/h3-4H,5-6H2,1-2H3. The van der Waals surface area contributed by atoms with Crippen LogP contribution in [-0.2, 0) is 16.7 Å². The lowest BCUT2D eigenvalue weighted by atomic mass is 9.98. The molecule has 0 bridgehead atoms. The lowest BCUT2D eigenvalue weighted by Crippen LogP contribution is -2.08. The molecule has 1 aromatic rings. The molecular formula is C11H12BrFO2. The molecule has 1 aromatic carbocycles. The third kappa shape index (κ3) is 2.37. The topological polar surface area (TPSA) is 26.3 Å². The lowest BCUT2D eigenvalue weighted by Gasteiger charge is -2.11. The Morgan fingerprint density at radius 1 is 1.47 bits per heavy atom. The maximum atomic E-state index is 12.8. The molecule has 0 unspecified atom stereocenters. The number of hydrogen-bond acceptors (Lipinski definition) is 2. The van der Waals surface area contributed by atoms with Crippen LogP contribution in [0.4, 0.5) is 4.39 Å². The molecule has 0 aliphatic rings. The molecule has 0 spiro atoms. The van der Waals surface area contributed by atoms with Gasteiger partial charge in [-0.05, 0) is 29.7 Å². The number of methoxy groups -OCH3 is 1. The zero-order valence-electron chi connectivity index (χ0n) is 8.64. The van der Waals surface area contributed by atoms with Crippen molar-refractivity contribution in [1.82, 2.24) is 0 Å². The van der Waals surface area contributed by atoms with Crippen molar-refractivity contribution >= 4 is 21.9 Å². The summed E-state index contributed by atoms with van der Waals surface area (Å²) in [5.74, 6) is -0.431. The maximum Gasteiger partial charge on any atom is 0.338 e. The van der Waals surface area contributed by atoms with Gasteiger partial charge in [0, 0.05) is 5.33 Å². The monoisotopic (exact) mass is 274 g/mol. The van der Waals surface area contributed by atoms with Gasteiger partial charge in [-0.25, -0.2) is 9.18 Å². The fourth-order valence-corrected chi connectivity index (χ4v) is 2.09. The molecule has 0 heterocycles. The Balaban J connectivity index is 3.35. The summed E-state index contributed by atoms with van der Waals surface area (Å²) < 4.78 is 17.4. The molecule has 82 valence electrons. The van der Waals surface area contributed by atoms with Gasteiger partial charge in [-0.1, -0.05) is 22.0 Å². The van der Waals surface area contributed by atoms with Crippen LogP contribution in [-0.4, -0.2) is 13.1 Å². The first-order valence-corrected chi connectivity index (χ1v) is 5.59. The van der Waals surface area contributed by atoms with Crippen LogP contribution in [0.3, 0.4) is 0 Å². The van der Waals surface area contributed by atoms with E-state index in [2.05, 4.69) is 20.7 Å². The zero-order valence-corrected chi connectivity index (χ0v) is 10.2. The van der Waals surface area contributed by atoms with Gasteiger partial charge in [-0.2, -0.15) is 0 Å². The summed E-state index contributed by atoms with van der Waals surface area (Å²) in [5, 5.41) is 0.443. The molecule has 1 rings (SSSR count). The van der Waals surface area contributed by atoms with Crippen molar-refractivity contribution in [3.8, 4) is 0 Å². The molecule has 0 atom stereocenters. The number of halogens is 2. The molecule has 2 nitrogen and oxygen atoms in total. The molecule has 0 saturated carbocycles. The van der Waals surface area contributed by atoms with Crippen LogP contribution in [0.1, 0.15) is 27.0 Å². The summed E-state index contributed by atoms with van der Waals surface area (Å²) in [6, 6.07) is 3.39. The molecule has 4 heteroatoms. The lowest BCUT2D eigenvalue weighted by molar-refractivity contribution is 0.0599. The summed E-state index contributed by atoms with van der Waals surface area (Å²) in [6.45, 7) is 1.25. The highest BCUT2D eigenvalue weighted by Gasteiger charge is 2.15. The van der Waals surface area contributed by atoms with Crippen LogP contribution < -0.4 is 0 Å². The van der Waals surface area contributed by atoms with Crippen molar-refractivity contribution in [3.63, 3.8) is 0 Å². The van der Waals surface area contributed by atoms with E-state index in [4.69, 9.17) is 0 Å². The number of benzene rings is 1. The van der Waals surface area contributed by atoms with Gasteiger partial charge in [0.2, 0.25) is 0 Å². The Morgan fingerprint density at radius 2 is 2.13 bits per heavy atom. The number of carbonyl (C=O) groups excluding carboxylic acids is 1. The van der Waals surface area contributed by atoms with E-state index in [0.717, 1.165) is 5.56 Å². The van der Waals surface area contributed by atoms with E-state index in [1.165, 1.54) is 7.11 Å². The first-order valence-electron chi connectivity index (χ1n) is 4.47. The van der Waals surface area contributed by atoms with Crippen LogP contribution in [0, 0.1) is 6.92 Å². The highest BCUT2D eigenvalue weighted by atomic mass is 79.9. The number of carbonyl (C=O) groups is 1. The van der Waals surface area contributed by atoms with Crippen LogP contribution >= 0.6 is 15.9 Å². The minimum absolute atomic E-state index is 0.424. The molecular weight excluding hydrogens is 263 g/mol. The van der Waals surface area contributed by atoms with E-state index >= 15 is 0 Å². The van der Waals surface area contributed by atoms with Gasteiger partial charge in [-0.15, -0.1) is 0 Å². The van der Waals surface area contributed by atoms with Gasteiger partial charge < -0.3 is 4.74 Å². The number of rotatable bonds is 3. The van der Waals surface area contributed by atoms with Crippen LogP contribution in [0.15, 0.2) is 12.1 Å². The fourth-order valence-electron chi connectivity index (χ4n) is 1.45. The van der Waals surface area contributed by atoms with Gasteiger partial charge in [0.1, 0.15) is 6.67 Å². The predicted molar refractivity (Wildman–Crippen MR) is 60.0 cm³/mol. The number of esters is 1. The Bertz CT molecular complexity index is 377. The average molecular weight is 275 g/mol. The van der Waals surface area contributed by atoms with Crippen molar-refractivity contribution in [3.05, 3.63) is 34.4 Å². The van der Waals surface area contributed by atoms with Crippen molar-refractivity contribution < 1.29 is 13.9 Å². The highest BCUT2D eigenvalue weighted by Crippen LogP contribution is 2.23. The summed E-state index contributed by atoms with van der Waals surface area (Å²) in [6.07, 6.45) is 0. The third-order valence-corrected chi connectivity index (χ3v) is 2.90. The molecule has 0 amide bonds. The number of aryl methyl sites for hydroxylation is 1. The molecule has 0 aromatic heterocycles. The van der Waals surface area contributed by atoms with Gasteiger partial charge >= 0.3 is 5.97 Å². The molecule has 0 aliphatic carbocycles. The summed E-state index contributed by atoms with van der Waals surface area (Å²) in [7, 11) is 1.31. The predicted octanol–water partition coefficient (Wildman–Crippen LogP) is 3.15. The van der Waals surface area contributed by atoms with E-state index in [9.17, 15) is 9.18 Å². The zero-order chi connectivity index (χ0) is 11.4. The second-order valence-electron chi connectivity index (χ2n) is 3.15. The van der Waals surface area contributed by atoms with E-state index in [1.807, 2.05) is 6.92 Å². The minimum Gasteiger partial charge on any atom is -0.465 e. The van der Waals surface area contributed by atoms with Crippen molar-refractivity contribution in [2.45, 2.75) is 18.9 Å². The van der Waals surface area contributed by atoms with Crippen LogP contribution in [0.25, 0.3) is 0 Å². The first kappa shape index (κ1) is 12.2. The third-order valence-electron chi connectivity index (χ3n) is 2.34. The average Bonchev–Trinajstić information content (AvgIpc) is 2.27. The van der Waals surface area contributed by atoms with E-state index in [1.54, 1.807) is 12.1 Å². The Morgan fingerprint density at radius 3 is 2.60 bits per heavy atom.